The summed E-state index contributed by atoms with van der Waals surface area (Å²) in [7, 11) is 1.55. The van der Waals surface area contributed by atoms with E-state index in [1.165, 1.54) is 0 Å². The van der Waals surface area contributed by atoms with Crippen molar-refractivity contribution in [2.75, 3.05) is 24.3 Å². The fourth-order valence-electron chi connectivity index (χ4n) is 1.97. The number of ether oxygens (including phenoxy) is 1. The van der Waals surface area contributed by atoms with E-state index < -0.39 is 0 Å². The van der Waals surface area contributed by atoms with Crippen LogP contribution in [-0.2, 0) is 0 Å². The molecule has 1 aromatic heterocycles. The summed E-state index contributed by atoms with van der Waals surface area (Å²) in [4.78, 5) is 16.4. The molecule has 2 N–H and O–H groups in total. The number of aromatic nitrogens is 1. The minimum atomic E-state index is -0.169. The Morgan fingerprint density at radius 2 is 2.10 bits per heavy atom. The first kappa shape index (κ1) is 14.8. The molecular formula is C16H19N3O2. The summed E-state index contributed by atoms with van der Waals surface area (Å²) in [5.41, 5.74) is 3.17. The Kier molecular flexibility index (Phi) is 4.77. The predicted octanol–water partition coefficient (Wildman–Crippen LogP) is 3.08. The molecule has 0 atom stereocenters. The number of aryl methyl sites for hydroxylation is 1. The third-order valence-corrected chi connectivity index (χ3v) is 2.99. The van der Waals surface area contributed by atoms with Crippen LogP contribution in [0.15, 0.2) is 36.5 Å². The number of nitrogens with one attached hydrogen (secondary N) is 2. The number of amides is 1. The second-order valence-corrected chi connectivity index (χ2v) is 4.62. The quantitative estimate of drug-likeness (QED) is 0.886. The Hall–Kier alpha value is -2.56. The SMILES string of the molecule is CCNc1cc(C)ccc1C(=O)Nc1ccc(OC)nc1. The number of carbonyl (C=O) groups excluding carboxylic acids is 1. The molecule has 0 fully saturated rings. The first-order chi connectivity index (χ1) is 10.1. The molecule has 0 spiro atoms. The number of pyridine rings is 1. The van der Waals surface area contributed by atoms with E-state index in [0.29, 0.717) is 17.1 Å². The van der Waals surface area contributed by atoms with E-state index in [1.807, 2.05) is 32.0 Å². The standard InChI is InChI=1S/C16H19N3O2/c1-4-17-14-9-11(2)5-7-13(14)16(20)19-12-6-8-15(21-3)18-10-12/h5-10,17H,4H2,1-3H3,(H,19,20). The maximum Gasteiger partial charge on any atom is 0.257 e. The summed E-state index contributed by atoms with van der Waals surface area (Å²) < 4.78 is 4.99. The van der Waals surface area contributed by atoms with Crippen LogP contribution in [0.3, 0.4) is 0 Å². The summed E-state index contributed by atoms with van der Waals surface area (Å²) >= 11 is 0. The zero-order valence-corrected chi connectivity index (χ0v) is 12.4. The Balaban J connectivity index is 2.19. The molecule has 0 bridgehead atoms. The van der Waals surface area contributed by atoms with Crippen molar-refractivity contribution in [3.8, 4) is 5.88 Å². The molecule has 5 heteroatoms. The van der Waals surface area contributed by atoms with Gasteiger partial charge in [0.25, 0.3) is 5.91 Å². The Bertz CT molecular complexity index is 624. The van der Waals surface area contributed by atoms with E-state index >= 15 is 0 Å². The highest BCUT2D eigenvalue weighted by Crippen LogP contribution is 2.19. The van der Waals surface area contributed by atoms with E-state index in [0.717, 1.165) is 17.8 Å². The fraction of sp³-hybridized carbons (Fsp3) is 0.250. The maximum absolute atomic E-state index is 12.4. The van der Waals surface area contributed by atoms with Crippen LogP contribution in [0.1, 0.15) is 22.8 Å². The molecule has 0 saturated heterocycles. The second-order valence-electron chi connectivity index (χ2n) is 4.62. The van der Waals surface area contributed by atoms with E-state index in [9.17, 15) is 4.79 Å². The summed E-state index contributed by atoms with van der Waals surface area (Å²) in [5.74, 6) is 0.342. The summed E-state index contributed by atoms with van der Waals surface area (Å²) in [6.45, 7) is 4.75. The lowest BCUT2D eigenvalue weighted by atomic mass is 10.1. The van der Waals surface area contributed by atoms with E-state index in [2.05, 4.69) is 15.6 Å². The van der Waals surface area contributed by atoms with Gasteiger partial charge in [-0.05, 0) is 37.6 Å². The van der Waals surface area contributed by atoms with Gasteiger partial charge in [0.2, 0.25) is 5.88 Å². The lowest BCUT2D eigenvalue weighted by molar-refractivity contribution is 0.102. The molecule has 1 aromatic carbocycles. The van der Waals surface area contributed by atoms with Crippen LogP contribution >= 0.6 is 0 Å². The van der Waals surface area contributed by atoms with Crippen LogP contribution in [-0.4, -0.2) is 24.5 Å². The second kappa shape index (κ2) is 6.74. The van der Waals surface area contributed by atoms with Crippen LogP contribution in [0.5, 0.6) is 5.88 Å². The first-order valence-electron chi connectivity index (χ1n) is 6.80. The van der Waals surface area contributed by atoms with Gasteiger partial charge in [0, 0.05) is 18.3 Å². The molecule has 0 saturated carbocycles. The maximum atomic E-state index is 12.4. The Morgan fingerprint density at radius 3 is 2.71 bits per heavy atom. The third-order valence-electron chi connectivity index (χ3n) is 2.99. The number of methoxy groups -OCH3 is 1. The number of hydrogen-bond acceptors (Lipinski definition) is 4. The van der Waals surface area contributed by atoms with Gasteiger partial charge in [-0.1, -0.05) is 6.07 Å². The highest BCUT2D eigenvalue weighted by Gasteiger charge is 2.11. The van der Waals surface area contributed by atoms with Crippen molar-refractivity contribution in [3.63, 3.8) is 0 Å². The van der Waals surface area contributed by atoms with Gasteiger partial charge >= 0.3 is 0 Å². The Morgan fingerprint density at radius 1 is 1.29 bits per heavy atom. The number of rotatable bonds is 5. The van der Waals surface area contributed by atoms with Gasteiger partial charge in [-0.15, -0.1) is 0 Å². The van der Waals surface area contributed by atoms with Gasteiger partial charge in [-0.2, -0.15) is 0 Å². The molecule has 0 aliphatic rings. The van der Waals surface area contributed by atoms with Gasteiger partial charge in [0.05, 0.1) is 24.6 Å². The van der Waals surface area contributed by atoms with Crippen LogP contribution in [0, 0.1) is 6.92 Å². The third kappa shape index (κ3) is 3.72. The number of nitrogens with zero attached hydrogens (tertiary/aromatic N) is 1. The first-order valence-corrected chi connectivity index (χ1v) is 6.80. The van der Waals surface area contributed by atoms with Gasteiger partial charge < -0.3 is 15.4 Å². The zero-order valence-electron chi connectivity index (χ0n) is 12.4. The van der Waals surface area contributed by atoms with Crippen LogP contribution in [0.25, 0.3) is 0 Å². The summed E-state index contributed by atoms with van der Waals surface area (Å²) in [5, 5.41) is 6.04. The molecular weight excluding hydrogens is 266 g/mol. The molecule has 0 radical (unpaired) electrons. The lowest BCUT2D eigenvalue weighted by Crippen LogP contribution is -2.15. The molecule has 0 unspecified atom stereocenters. The molecule has 2 aromatic rings. The van der Waals surface area contributed by atoms with Gasteiger partial charge in [-0.25, -0.2) is 4.98 Å². The molecule has 2 rings (SSSR count). The molecule has 5 nitrogen and oxygen atoms in total. The molecule has 1 amide bonds. The monoisotopic (exact) mass is 285 g/mol. The van der Waals surface area contributed by atoms with Crippen molar-refractivity contribution in [1.82, 2.24) is 4.98 Å². The van der Waals surface area contributed by atoms with Crippen molar-refractivity contribution >= 4 is 17.3 Å². The molecule has 110 valence electrons. The number of hydrogen-bond donors (Lipinski definition) is 2. The summed E-state index contributed by atoms with van der Waals surface area (Å²) in [6, 6.07) is 9.16. The summed E-state index contributed by atoms with van der Waals surface area (Å²) in [6.07, 6.45) is 1.57. The smallest absolute Gasteiger partial charge is 0.257 e. The minimum absolute atomic E-state index is 0.169. The molecule has 21 heavy (non-hydrogen) atoms. The van der Waals surface area contributed by atoms with Crippen molar-refractivity contribution in [2.45, 2.75) is 13.8 Å². The van der Waals surface area contributed by atoms with Crippen molar-refractivity contribution in [2.24, 2.45) is 0 Å². The number of anilines is 2. The van der Waals surface area contributed by atoms with Crippen molar-refractivity contribution in [1.29, 1.82) is 0 Å². The topological polar surface area (TPSA) is 63.2 Å². The minimum Gasteiger partial charge on any atom is -0.481 e. The fourth-order valence-corrected chi connectivity index (χ4v) is 1.97. The van der Waals surface area contributed by atoms with E-state index in [4.69, 9.17) is 4.74 Å². The lowest BCUT2D eigenvalue weighted by Gasteiger charge is -2.12. The average Bonchev–Trinajstić information content (AvgIpc) is 2.48. The zero-order chi connectivity index (χ0) is 15.2. The highest BCUT2D eigenvalue weighted by molar-refractivity contribution is 6.08. The molecule has 0 aliphatic carbocycles. The van der Waals surface area contributed by atoms with Gasteiger partial charge in [-0.3, -0.25) is 4.79 Å². The molecule has 1 heterocycles. The number of carbonyl (C=O) groups is 1. The normalized spacial score (nSPS) is 10.0. The van der Waals surface area contributed by atoms with Crippen molar-refractivity contribution < 1.29 is 9.53 Å². The van der Waals surface area contributed by atoms with Gasteiger partial charge in [0.1, 0.15) is 0 Å². The molecule has 0 aliphatic heterocycles. The van der Waals surface area contributed by atoms with Gasteiger partial charge in [0.15, 0.2) is 0 Å². The number of benzene rings is 1. The van der Waals surface area contributed by atoms with Crippen molar-refractivity contribution in [3.05, 3.63) is 47.7 Å². The Labute approximate surface area is 124 Å². The van der Waals surface area contributed by atoms with Crippen LogP contribution in [0.2, 0.25) is 0 Å². The highest BCUT2D eigenvalue weighted by atomic mass is 16.5. The predicted molar refractivity (Wildman–Crippen MR) is 84.1 cm³/mol. The van der Waals surface area contributed by atoms with E-state index in [1.54, 1.807) is 25.4 Å². The van der Waals surface area contributed by atoms with Crippen LogP contribution in [0.4, 0.5) is 11.4 Å². The van der Waals surface area contributed by atoms with E-state index in [-0.39, 0.29) is 5.91 Å². The van der Waals surface area contributed by atoms with Crippen LogP contribution < -0.4 is 15.4 Å². The average molecular weight is 285 g/mol. The largest absolute Gasteiger partial charge is 0.481 e.